The second-order valence-electron chi connectivity index (χ2n) is 5.84. The number of para-hydroxylation sites is 1. The molecule has 3 rings (SSSR count). The van der Waals surface area contributed by atoms with Gasteiger partial charge in [0.05, 0.1) is 12.1 Å². The number of benzene rings is 1. The normalized spacial score (nSPS) is 20.0. The summed E-state index contributed by atoms with van der Waals surface area (Å²) in [6, 6.07) is 10.3. The fraction of sp³-hybridized carbons (Fsp3) is 0.333. The Hall–Kier alpha value is -2.40. The zero-order valence-electron chi connectivity index (χ0n) is 13.2. The first kappa shape index (κ1) is 15.5. The number of fused-ring (bicyclic) bond motifs is 1. The zero-order chi connectivity index (χ0) is 16.6. The van der Waals surface area contributed by atoms with Crippen LogP contribution in [-0.4, -0.2) is 23.3 Å². The van der Waals surface area contributed by atoms with Gasteiger partial charge in [0.2, 0.25) is 5.78 Å². The molecule has 1 amide bonds. The van der Waals surface area contributed by atoms with Gasteiger partial charge >= 0.3 is 0 Å². The molecule has 2 heterocycles. The van der Waals surface area contributed by atoms with Crippen molar-refractivity contribution >= 4 is 17.4 Å². The number of hydrogen-bond donors (Lipinski definition) is 1. The molecule has 23 heavy (non-hydrogen) atoms. The van der Waals surface area contributed by atoms with Gasteiger partial charge in [-0.2, -0.15) is 0 Å². The Bertz CT molecular complexity index is 764. The van der Waals surface area contributed by atoms with E-state index in [1.807, 2.05) is 13.0 Å². The number of hydrogen-bond acceptors (Lipinski definition) is 4. The van der Waals surface area contributed by atoms with Crippen LogP contribution in [0.4, 0.5) is 5.69 Å². The summed E-state index contributed by atoms with van der Waals surface area (Å²) in [5, 5.41) is 11.0. The lowest BCUT2D eigenvalue weighted by Crippen LogP contribution is -2.42. The summed E-state index contributed by atoms with van der Waals surface area (Å²) in [4.78, 5) is 26.7. The minimum Gasteiger partial charge on any atom is -0.458 e. The van der Waals surface area contributed by atoms with Crippen LogP contribution in [0.1, 0.15) is 41.6 Å². The zero-order valence-corrected chi connectivity index (χ0v) is 13.2. The molecule has 5 nitrogen and oxygen atoms in total. The minimum atomic E-state index is -1.83. The van der Waals surface area contributed by atoms with Gasteiger partial charge in [-0.3, -0.25) is 9.59 Å². The SMILES string of the molecule is CCCN1C(=O)C(O)(CC(=O)c2ccc(C)o2)c2ccccc21. The molecule has 2 aromatic rings. The molecule has 1 atom stereocenters. The molecule has 1 unspecified atom stereocenters. The van der Waals surface area contributed by atoms with Gasteiger partial charge in [-0.1, -0.05) is 25.1 Å². The van der Waals surface area contributed by atoms with E-state index in [1.54, 1.807) is 42.2 Å². The number of anilines is 1. The molecular formula is C18H19NO4. The largest absolute Gasteiger partial charge is 0.458 e. The van der Waals surface area contributed by atoms with E-state index in [-0.39, 0.29) is 18.0 Å². The minimum absolute atomic E-state index is 0.162. The average Bonchev–Trinajstić information content (AvgIpc) is 3.05. The maximum absolute atomic E-state index is 12.7. The number of aryl methyl sites for hydroxylation is 1. The smallest absolute Gasteiger partial charge is 0.264 e. The van der Waals surface area contributed by atoms with Gasteiger partial charge in [0, 0.05) is 12.1 Å². The standard InChI is InChI=1S/C18H19NO4/c1-3-10-19-14-7-5-4-6-13(14)18(22,17(19)21)11-15(20)16-9-8-12(2)23-16/h4-9,22H,3,10-11H2,1-2H3. The molecule has 0 aliphatic carbocycles. The summed E-state index contributed by atoms with van der Waals surface area (Å²) in [7, 11) is 0. The summed E-state index contributed by atoms with van der Waals surface area (Å²) in [5.41, 5.74) is -0.677. The molecule has 1 N–H and O–H groups in total. The molecule has 120 valence electrons. The molecule has 0 spiro atoms. The van der Waals surface area contributed by atoms with Crippen molar-refractivity contribution < 1.29 is 19.1 Å². The van der Waals surface area contributed by atoms with Crippen LogP contribution in [0.5, 0.6) is 0 Å². The summed E-state index contributed by atoms with van der Waals surface area (Å²) in [6.07, 6.45) is 0.442. The van der Waals surface area contributed by atoms with Crippen LogP contribution >= 0.6 is 0 Å². The van der Waals surface area contributed by atoms with Gasteiger partial charge in [0.25, 0.3) is 5.91 Å². The number of aliphatic hydroxyl groups is 1. The topological polar surface area (TPSA) is 70.8 Å². The predicted octanol–water partition coefficient (Wildman–Crippen LogP) is 2.81. The Kier molecular flexibility index (Phi) is 3.82. The Morgan fingerprint density at radius 3 is 2.65 bits per heavy atom. The van der Waals surface area contributed by atoms with Crippen molar-refractivity contribution in [3.05, 3.63) is 53.5 Å². The lowest BCUT2D eigenvalue weighted by molar-refractivity contribution is -0.135. The highest BCUT2D eigenvalue weighted by Gasteiger charge is 2.50. The van der Waals surface area contributed by atoms with Crippen LogP contribution in [0.3, 0.4) is 0 Å². The molecule has 0 saturated carbocycles. The van der Waals surface area contributed by atoms with E-state index in [2.05, 4.69) is 0 Å². The molecule has 0 bridgehead atoms. The van der Waals surface area contributed by atoms with Crippen LogP contribution in [0.25, 0.3) is 0 Å². The second-order valence-corrected chi connectivity index (χ2v) is 5.84. The summed E-state index contributed by atoms with van der Waals surface area (Å²) in [5.74, 6) is -0.0551. The van der Waals surface area contributed by atoms with E-state index in [1.165, 1.54) is 0 Å². The van der Waals surface area contributed by atoms with Crippen LogP contribution in [0.15, 0.2) is 40.8 Å². The number of furan rings is 1. The number of carbonyl (C=O) groups excluding carboxylic acids is 2. The van der Waals surface area contributed by atoms with E-state index in [0.717, 1.165) is 6.42 Å². The van der Waals surface area contributed by atoms with Gasteiger partial charge in [0.1, 0.15) is 5.76 Å². The molecule has 0 saturated heterocycles. The third-order valence-electron chi connectivity index (χ3n) is 4.12. The lowest BCUT2D eigenvalue weighted by Gasteiger charge is -2.22. The molecule has 1 aliphatic heterocycles. The monoisotopic (exact) mass is 313 g/mol. The highest BCUT2D eigenvalue weighted by Crippen LogP contribution is 2.42. The van der Waals surface area contributed by atoms with Gasteiger partial charge in [-0.05, 0) is 31.5 Å². The van der Waals surface area contributed by atoms with Crippen molar-refractivity contribution in [2.45, 2.75) is 32.3 Å². The van der Waals surface area contributed by atoms with Crippen molar-refractivity contribution in [1.82, 2.24) is 0 Å². The highest BCUT2D eigenvalue weighted by molar-refractivity contribution is 6.10. The molecular weight excluding hydrogens is 294 g/mol. The van der Waals surface area contributed by atoms with Crippen molar-refractivity contribution in [1.29, 1.82) is 0 Å². The highest BCUT2D eigenvalue weighted by atomic mass is 16.3. The molecule has 1 aromatic heterocycles. The van der Waals surface area contributed by atoms with E-state index in [0.29, 0.717) is 23.6 Å². The van der Waals surface area contributed by atoms with E-state index >= 15 is 0 Å². The van der Waals surface area contributed by atoms with Crippen molar-refractivity contribution in [2.75, 3.05) is 11.4 Å². The van der Waals surface area contributed by atoms with Crippen LogP contribution < -0.4 is 4.90 Å². The van der Waals surface area contributed by atoms with Gasteiger partial charge < -0.3 is 14.4 Å². The number of rotatable bonds is 5. The summed E-state index contributed by atoms with van der Waals surface area (Å²) < 4.78 is 5.31. The van der Waals surface area contributed by atoms with Crippen LogP contribution in [0.2, 0.25) is 0 Å². The summed E-state index contributed by atoms with van der Waals surface area (Å²) in [6.45, 7) is 4.21. The van der Waals surface area contributed by atoms with Crippen LogP contribution in [-0.2, 0) is 10.4 Å². The maximum Gasteiger partial charge on any atom is 0.264 e. The molecule has 0 fully saturated rings. The molecule has 0 radical (unpaired) electrons. The number of Topliss-reactive ketones (excluding diaryl/α,β-unsaturated/α-hetero) is 1. The Morgan fingerprint density at radius 1 is 1.26 bits per heavy atom. The lowest BCUT2D eigenvalue weighted by atomic mass is 9.89. The third kappa shape index (κ3) is 2.47. The first-order valence-electron chi connectivity index (χ1n) is 7.71. The van der Waals surface area contributed by atoms with Crippen molar-refractivity contribution in [3.8, 4) is 0 Å². The number of amides is 1. The second kappa shape index (κ2) is 5.66. The van der Waals surface area contributed by atoms with Crippen molar-refractivity contribution in [2.24, 2.45) is 0 Å². The molecule has 5 heteroatoms. The van der Waals surface area contributed by atoms with E-state index < -0.39 is 11.5 Å². The third-order valence-corrected chi connectivity index (χ3v) is 4.12. The van der Waals surface area contributed by atoms with E-state index in [4.69, 9.17) is 4.42 Å². The number of nitrogens with zero attached hydrogens (tertiary/aromatic N) is 1. The Morgan fingerprint density at radius 2 is 2.00 bits per heavy atom. The molecule has 1 aliphatic rings. The summed E-state index contributed by atoms with van der Waals surface area (Å²) >= 11 is 0. The Labute approximate surface area is 134 Å². The van der Waals surface area contributed by atoms with Crippen molar-refractivity contribution in [3.63, 3.8) is 0 Å². The number of carbonyl (C=O) groups is 2. The average molecular weight is 313 g/mol. The van der Waals surface area contributed by atoms with Gasteiger partial charge in [-0.15, -0.1) is 0 Å². The maximum atomic E-state index is 12.7. The van der Waals surface area contributed by atoms with E-state index in [9.17, 15) is 14.7 Å². The predicted molar refractivity (Wildman–Crippen MR) is 85.4 cm³/mol. The quantitative estimate of drug-likeness (QED) is 0.862. The van der Waals surface area contributed by atoms with Crippen LogP contribution in [0, 0.1) is 6.92 Å². The fourth-order valence-corrected chi connectivity index (χ4v) is 3.03. The number of ketones is 1. The molecule has 1 aromatic carbocycles. The first-order chi connectivity index (χ1) is 11.0. The first-order valence-corrected chi connectivity index (χ1v) is 7.71. The van der Waals surface area contributed by atoms with Gasteiger partial charge in [0.15, 0.2) is 11.4 Å². The Balaban J connectivity index is 1.97. The van der Waals surface area contributed by atoms with Gasteiger partial charge in [-0.25, -0.2) is 0 Å². The fourth-order valence-electron chi connectivity index (χ4n) is 3.03.